The number of para-hydroxylation sites is 1. The van der Waals surface area contributed by atoms with Gasteiger partial charge >= 0.3 is 0 Å². The zero-order valence-corrected chi connectivity index (χ0v) is 12.2. The highest BCUT2D eigenvalue weighted by molar-refractivity contribution is 5.81. The highest BCUT2D eigenvalue weighted by Gasteiger charge is 2.10. The highest BCUT2D eigenvalue weighted by atomic mass is 14.9. The predicted octanol–water partition coefficient (Wildman–Crippen LogP) is 5.54. The number of benzene rings is 1. The smallest absolute Gasteiger partial charge is 0.0458 e. The minimum absolute atomic E-state index is 1.05. The quantitative estimate of drug-likeness (QED) is 0.727. The van der Waals surface area contributed by atoms with Gasteiger partial charge in [-0.15, -0.1) is 0 Å². The van der Waals surface area contributed by atoms with Crippen LogP contribution in [-0.2, 0) is 0 Å². The minimum atomic E-state index is 1.05. The molecule has 1 N–H and O–H groups in total. The van der Waals surface area contributed by atoms with E-state index in [2.05, 4.69) is 68.6 Å². The van der Waals surface area contributed by atoms with Crippen LogP contribution in [0.1, 0.15) is 45.6 Å². The van der Waals surface area contributed by atoms with Crippen molar-refractivity contribution < 1.29 is 0 Å². The lowest BCUT2D eigenvalue weighted by atomic mass is 10.0. The van der Waals surface area contributed by atoms with Gasteiger partial charge in [0.2, 0.25) is 0 Å². The fraction of sp³-hybridized carbons (Fsp3) is 0.333. The van der Waals surface area contributed by atoms with Gasteiger partial charge in [-0.2, -0.15) is 0 Å². The molecule has 1 aliphatic rings. The van der Waals surface area contributed by atoms with E-state index < -0.39 is 0 Å². The maximum atomic E-state index is 3.59. The van der Waals surface area contributed by atoms with Crippen molar-refractivity contribution in [3.05, 3.63) is 59.3 Å². The van der Waals surface area contributed by atoms with Crippen molar-refractivity contribution >= 4 is 11.3 Å². The van der Waals surface area contributed by atoms with Crippen LogP contribution in [0.15, 0.2) is 53.8 Å². The topological polar surface area (TPSA) is 12.0 Å². The van der Waals surface area contributed by atoms with Crippen molar-refractivity contribution in [2.24, 2.45) is 0 Å². The third kappa shape index (κ3) is 3.37. The van der Waals surface area contributed by atoms with Gasteiger partial charge < -0.3 is 5.32 Å². The van der Waals surface area contributed by atoms with E-state index in [9.17, 15) is 0 Å². The summed E-state index contributed by atoms with van der Waals surface area (Å²) in [7, 11) is 0. The van der Waals surface area contributed by atoms with E-state index in [4.69, 9.17) is 0 Å². The molecule has 2 rings (SSSR count). The monoisotopic (exact) mass is 253 g/mol. The molecule has 1 aromatic carbocycles. The fourth-order valence-electron chi connectivity index (χ4n) is 2.44. The van der Waals surface area contributed by atoms with E-state index in [1.807, 2.05) is 0 Å². The van der Waals surface area contributed by atoms with E-state index in [1.165, 1.54) is 28.1 Å². The Morgan fingerprint density at radius 3 is 2.74 bits per heavy atom. The standard InChI is InChI=1S/C18H23N/c1-4-8-16(5-2)19-18-10-7-6-9-17(18)15-12-11-14(3)13-15/h5-7,9-11,13,19H,4,8,12H2,1-3H3. The van der Waals surface area contributed by atoms with E-state index in [0.29, 0.717) is 0 Å². The zero-order chi connectivity index (χ0) is 13.7. The first-order chi connectivity index (χ1) is 9.24. The minimum Gasteiger partial charge on any atom is -0.359 e. The SMILES string of the molecule is CC=C(CCC)Nc1ccccc1C1=CC(C)=CC1. The summed E-state index contributed by atoms with van der Waals surface area (Å²) in [6.45, 7) is 6.47. The summed E-state index contributed by atoms with van der Waals surface area (Å²) in [5.74, 6) is 0. The van der Waals surface area contributed by atoms with Crippen LogP contribution in [0, 0.1) is 0 Å². The molecule has 1 aromatic rings. The molecule has 1 heteroatoms. The first-order valence-corrected chi connectivity index (χ1v) is 7.13. The van der Waals surface area contributed by atoms with Crippen molar-refractivity contribution in [2.75, 3.05) is 5.32 Å². The zero-order valence-electron chi connectivity index (χ0n) is 12.2. The molecule has 0 saturated carbocycles. The number of rotatable bonds is 5. The second kappa shape index (κ2) is 6.42. The number of hydrogen-bond acceptors (Lipinski definition) is 1. The largest absolute Gasteiger partial charge is 0.359 e. The van der Waals surface area contributed by atoms with Crippen LogP contribution < -0.4 is 5.32 Å². The van der Waals surface area contributed by atoms with Crippen LogP contribution in [0.3, 0.4) is 0 Å². The summed E-state index contributed by atoms with van der Waals surface area (Å²) in [6.07, 6.45) is 10.1. The van der Waals surface area contributed by atoms with E-state index in [-0.39, 0.29) is 0 Å². The molecule has 0 bridgehead atoms. The number of anilines is 1. The third-order valence-corrected chi connectivity index (χ3v) is 3.48. The Morgan fingerprint density at radius 2 is 2.11 bits per heavy atom. The fourth-order valence-corrected chi connectivity index (χ4v) is 2.44. The van der Waals surface area contributed by atoms with Gasteiger partial charge in [-0.1, -0.05) is 55.3 Å². The van der Waals surface area contributed by atoms with E-state index in [1.54, 1.807) is 0 Å². The van der Waals surface area contributed by atoms with Crippen LogP contribution in [0.5, 0.6) is 0 Å². The first-order valence-electron chi connectivity index (χ1n) is 7.13. The van der Waals surface area contributed by atoms with Gasteiger partial charge in [-0.3, -0.25) is 0 Å². The van der Waals surface area contributed by atoms with Gasteiger partial charge in [0.15, 0.2) is 0 Å². The lowest BCUT2D eigenvalue weighted by Gasteiger charge is -2.15. The molecule has 0 atom stereocenters. The molecule has 100 valence electrons. The molecule has 0 aromatic heterocycles. The molecule has 0 aliphatic heterocycles. The summed E-state index contributed by atoms with van der Waals surface area (Å²) < 4.78 is 0. The maximum Gasteiger partial charge on any atom is 0.0458 e. The summed E-state index contributed by atoms with van der Waals surface area (Å²) in [6, 6.07) is 8.59. The maximum absolute atomic E-state index is 3.59. The van der Waals surface area contributed by atoms with Crippen LogP contribution in [-0.4, -0.2) is 0 Å². The summed E-state index contributed by atoms with van der Waals surface area (Å²) in [5.41, 5.74) is 6.62. The first kappa shape index (κ1) is 13.7. The van der Waals surface area contributed by atoms with Crippen LogP contribution in [0.4, 0.5) is 5.69 Å². The van der Waals surface area contributed by atoms with E-state index >= 15 is 0 Å². The molecule has 0 radical (unpaired) electrons. The summed E-state index contributed by atoms with van der Waals surface area (Å²) >= 11 is 0. The van der Waals surface area contributed by atoms with Crippen molar-refractivity contribution in [1.82, 2.24) is 0 Å². The molecule has 0 amide bonds. The molecule has 1 nitrogen and oxygen atoms in total. The van der Waals surface area contributed by atoms with Gasteiger partial charge in [0.05, 0.1) is 0 Å². The van der Waals surface area contributed by atoms with Crippen molar-refractivity contribution in [2.45, 2.75) is 40.0 Å². The predicted molar refractivity (Wildman–Crippen MR) is 85.1 cm³/mol. The molecule has 1 aliphatic carbocycles. The Balaban J connectivity index is 2.25. The average molecular weight is 253 g/mol. The molecular weight excluding hydrogens is 230 g/mol. The lowest BCUT2D eigenvalue weighted by Crippen LogP contribution is -2.01. The number of hydrogen-bond donors (Lipinski definition) is 1. The van der Waals surface area contributed by atoms with Crippen molar-refractivity contribution in [3.8, 4) is 0 Å². The van der Waals surface area contributed by atoms with Crippen LogP contribution >= 0.6 is 0 Å². The second-order valence-corrected chi connectivity index (χ2v) is 5.06. The number of allylic oxidation sites excluding steroid dienone is 6. The lowest BCUT2D eigenvalue weighted by molar-refractivity contribution is 0.907. The Bertz CT molecular complexity index is 532. The second-order valence-electron chi connectivity index (χ2n) is 5.06. The summed E-state index contributed by atoms with van der Waals surface area (Å²) in [5, 5.41) is 3.59. The third-order valence-electron chi connectivity index (χ3n) is 3.48. The molecule has 0 saturated heterocycles. The molecule has 0 heterocycles. The summed E-state index contributed by atoms with van der Waals surface area (Å²) in [4.78, 5) is 0. The van der Waals surface area contributed by atoms with Gasteiger partial charge in [0.1, 0.15) is 0 Å². The molecule has 0 spiro atoms. The van der Waals surface area contributed by atoms with E-state index in [0.717, 1.165) is 19.3 Å². The molecule has 0 unspecified atom stereocenters. The Kier molecular flexibility index (Phi) is 4.62. The highest BCUT2D eigenvalue weighted by Crippen LogP contribution is 2.32. The average Bonchev–Trinajstić information content (AvgIpc) is 2.85. The van der Waals surface area contributed by atoms with Crippen molar-refractivity contribution in [3.63, 3.8) is 0 Å². The van der Waals surface area contributed by atoms with Gasteiger partial charge in [-0.25, -0.2) is 0 Å². The molecular formula is C18H23N. The Morgan fingerprint density at radius 1 is 1.32 bits per heavy atom. The molecule has 0 fully saturated rings. The van der Waals surface area contributed by atoms with Crippen LogP contribution in [0.25, 0.3) is 5.57 Å². The van der Waals surface area contributed by atoms with Gasteiger partial charge in [-0.05, 0) is 38.3 Å². The van der Waals surface area contributed by atoms with Crippen LogP contribution in [0.2, 0.25) is 0 Å². The van der Waals surface area contributed by atoms with Crippen molar-refractivity contribution in [1.29, 1.82) is 0 Å². The van der Waals surface area contributed by atoms with Gasteiger partial charge in [0, 0.05) is 16.9 Å². The Labute approximate surface area is 116 Å². The number of nitrogens with one attached hydrogen (secondary N) is 1. The normalized spacial score (nSPS) is 15.2. The Hall–Kier alpha value is -1.76. The van der Waals surface area contributed by atoms with Gasteiger partial charge in [0.25, 0.3) is 0 Å². The molecule has 19 heavy (non-hydrogen) atoms.